The van der Waals surface area contributed by atoms with E-state index in [0.29, 0.717) is 6.42 Å². The third-order valence-electron chi connectivity index (χ3n) is 1.40. The number of ketones is 1. The predicted molar refractivity (Wildman–Crippen MR) is 29.6 cm³/mol. The molecule has 2 nitrogen and oxygen atoms in total. The topological polar surface area (TPSA) is 37.3 Å². The van der Waals surface area contributed by atoms with Crippen LogP contribution in [0.3, 0.4) is 0 Å². The van der Waals surface area contributed by atoms with Gasteiger partial charge in [-0.2, -0.15) is 0 Å². The fourth-order valence-electron chi connectivity index (χ4n) is 0.776. The summed E-state index contributed by atoms with van der Waals surface area (Å²) in [6.07, 6.45) is 1.24. The molecule has 0 unspecified atom stereocenters. The summed E-state index contributed by atoms with van der Waals surface area (Å²) in [4.78, 5) is 10.5. The fourth-order valence-corrected chi connectivity index (χ4v) is 0.776. The number of allylic oxidation sites excluding steroid dienone is 2. The van der Waals surface area contributed by atoms with Gasteiger partial charge in [-0.25, -0.2) is 0 Å². The van der Waals surface area contributed by atoms with E-state index in [0.717, 1.165) is 12.0 Å². The summed E-state index contributed by atoms with van der Waals surface area (Å²) >= 11 is 0. The number of rotatable bonds is 0. The molecule has 0 aromatic rings. The fraction of sp³-hybridized carbons (Fsp3) is 0.500. The molecular weight excluding hydrogens is 193 g/mol. The summed E-state index contributed by atoms with van der Waals surface area (Å²) in [5.41, 5.74) is 0.829. The van der Waals surface area contributed by atoms with Gasteiger partial charge in [0.1, 0.15) is 0 Å². The summed E-state index contributed by atoms with van der Waals surface area (Å²) in [5.74, 6) is -0.118. The van der Waals surface area contributed by atoms with Crippen molar-refractivity contribution in [3.8, 4) is 0 Å². The van der Waals surface area contributed by atoms with Gasteiger partial charge < -0.3 is 5.11 Å². The van der Waals surface area contributed by atoms with Crippen LogP contribution in [-0.2, 0) is 37.5 Å². The van der Waals surface area contributed by atoms with Crippen LogP contribution in [0, 0.1) is 0 Å². The Hall–Kier alpha value is 0.314. The Morgan fingerprint density at radius 2 is 2.00 bits per heavy atom. The minimum atomic E-state index is -0.109. The van der Waals surface area contributed by atoms with Gasteiger partial charge in [0.2, 0.25) is 0 Å². The Morgan fingerprint density at radius 3 is 2.11 bits per heavy atom. The molecule has 0 bridgehead atoms. The van der Waals surface area contributed by atoms with Crippen LogP contribution in [0.1, 0.15) is 19.8 Å². The molecule has 9 heavy (non-hydrogen) atoms. The van der Waals surface area contributed by atoms with E-state index in [1.807, 2.05) is 0 Å². The average Bonchev–Trinajstić information content (AvgIpc) is 1.98. The molecule has 0 saturated carbocycles. The molecule has 1 rings (SSSR count). The molecule has 1 N–H and O–H groups in total. The second-order valence-electron chi connectivity index (χ2n) is 2.05. The number of carbonyl (C=O) groups excluding carboxylic acids is 1. The van der Waals surface area contributed by atoms with E-state index in [9.17, 15) is 4.79 Å². The Balaban J connectivity index is 0.000000640. The molecular formula is C6H8O2Y. The molecule has 1 radical (unpaired) electrons. The number of hydrogen-bond acceptors (Lipinski definition) is 2. The summed E-state index contributed by atoms with van der Waals surface area (Å²) < 4.78 is 0. The maximum atomic E-state index is 10.5. The number of aliphatic hydroxyl groups is 1. The molecule has 1 aliphatic rings. The van der Waals surface area contributed by atoms with E-state index < -0.39 is 0 Å². The van der Waals surface area contributed by atoms with Crippen molar-refractivity contribution < 1.29 is 42.6 Å². The van der Waals surface area contributed by atoms with Crippen LogP contribution in [0.15, 0.2) is 11.3 Å². The molecule has 3 heteroatoms. The van der Waals surface area contributed by atoms with Gasteiger partial charge in [-0.15, -0.1) is 0 Å². The van der Waals surface area contributed by atoms with E-state index in [1.165, 1.54) is 0 Å². The summed E-state index contributed by atoms with van der Waals surface area (Å²) in [7, 11) is 0. The maximum Gasteiger partial charge on any atom is 0.197 e. The van der Waals surface area contributed by atoms with Crippen molar-refractivity contribution in [2.24, 2.45) is 0 Å². The van der Waals surface area contributed by atoms with Crippen LogP contribution >= 0.6 is 0 Å². The average molecular weight is 201 g/mol. The van der Waals surface area contributed by atoms with E-state index in [1.54, 1.807) is 6.92 Å². The van der Waals surface area contributed by atoms with Crippen molar-refractivity contribution in [3.63, 3.8) is 0 Å². The zero-order valence-corrected chi connectivity index (χ0v) is 8.19. The number of Topliss-reactive ketones (excluding diaryl/α,β-unsaturated/α-hetero) is 1. The van der Waals surface area contributed by atoms with Gasteiger partial charge >= 0.3 is 0 Å². The Bertz CT molecular complexity index is 160. The Kier molecular flexibility index (Phi) is 3.60. The molecule has 0 saturated heterocycles. The second kappa shape index (κ2) is 3.47. The Labute approximate surface area is 79.2 Å². The van der Waals surface area contributed by atoms with Crippen molar-refractivity contribution in [2.75, 3.05) is 0 Å². The number of carbonyl (C=O) groups is 1. The zero-order chi connectivity index (χ0) is 6.15. The first-order valence-corrected chi connectivity index (χ1v) is 2.63. The summed E-state index contributed by atoms with van der Waals surface area (Å²) in [6, 6.07) is 0. The molecule has 0 aromatic heterocycles. The molecule has 0 fully saturated rings. The van der Waals surface area contributed by atoms with Gasteiger partial charge in [-0.1, -0.05) is 0 Å². The first kappa shape index (κ1) is 9.31. The molecule has 0 spiro atoms. The van der Waals surface area contributed by atoms with E-state index >= 15 is 0 Å². The molecule has 47 valence electrons. The zero-order valence-electron chi connectivity index (χ0n) is 5.35. The standard InChI is InChI=1S/C6H8O2.Y/c1-4-2-3-5(7)6(4)8;/h8H,2-3H2,1H3;. The molecule has 0 heterocycles. The van der Waals surface area contributed by atoms with Crippen molar-refractivity contribution in [1.29, 1.82) is 0 Å². The third-order valence-corrected chi connectivity index (χ3v) is 1.40. The van der Waals surface area contributed by atoms with Crippen LogP contribution in [0.4, 0.5) is 0 Å². The summed E-state index contributed by atoms with van der Waals surface area (Å²) in [5, 5.41) is 8.80. The largest absolute Gasteiger partial charge is 0.504 e. The smallest absolute Gasteiger partial charge is 0.197 e. The van der Waals surface area contributed by atoms with Crippen LogP contribution in [-0.4, -0.2) is 10.9 Å². The monoisotopic (exact) mass is 201 g/mol. The minimum Gasteiger partial charge on any atom is -0.504 e. The maximum absolute atomic E-state index is 10.5. The SMILES string of the molecule is CC1=C(O)C(=O)CC1.[Y]. The molecule has 0 aliphatic heterocycles. The first-order valence-electron chi connectivity index (χ1n) is 2.63. The van der Waals surface area contributed by atoms with Gasteiger partial charge in [0.15, 0.2) is 11.5 Å². The van der Waals surface area contributed by atoms with Crippen molar-refractivity contribution >= 4 is 5.78 Å². The number of hydrogen-bond donors (Lipinski definition) is 1. The van der Waals surface area contributed by atoms with Crippen molar-refractivity contribution in [3.05, 3.63) is 11.3 Å². The van der Waals surface area contributed by atoms with Gasteiger partial charge in [-0.3, -0.25) is 4.79 Å². The quantitative estimate of drug-likeness (QED) is 0.638. The minimum absolute atomic E-state index is 0. The molecule has 1 aliphatic carbocycles. The van der Waals surface area contributed by atoms with Gasteiger partial charge in [-0.05, 0) is 18.9 Å². The second-order valence-corrected chi connectivity index (χ2v) is 2.05. The Morgan fingerprint density at radius 1 is 1.44 bits per heavy atom. The van der Waals surface area contributed by atoms with Crippen LogP contribution in [0.2, 0.25) is 0 Å². The van der Waals surface area contributed by atoms with Gasteiger partial charge in [0, 0.05) is 39.1 Å². The van der Waals surface area contributed by atoms with Gasteiger partial charge in [0.25, 0.3) is 0 Å². The van der Waals surface area contributed by atoms with Crippen LogP contribution < -0.4 is 0 Å². The normalized spacial score (nSPS) is 18.1. The predicted octanol–water partition coefficient (Wildman–Crippen LogP) is 1.18. The molecule has 0 atom stereocenters. The van der Waals surface area contributed by atoms with E-state index in [-0.39, 0.29) is 44.3 Å². The number of aliphatic hydroxyl groups excluding tert-OH is 1. The summed E-state index contributed by atoms with van der Waals surface area (Å²) in [6.45, 7) is 1.78. The van der Waals surface area contributed by atoms with Gasteiger partial charge in [0.05, 0.1) is 0 Å². The van der Waals surface area contributed by atoms with Crippen molar-refractivity contribution in [1.82, 2.24) is 0 Å². The van der Waals surface area contributed by atoms with E-state index in [4.69, 9.17) is 5.11 Å². The first-order chi connectivity index (χ1) is 3.72. The molecule has 0 amide bonds. The van der Waals surface area contributed by atoms with E-state index in [2.05, 4.69) is 0 Å². The van der Waals surface area contributed by atoms with Crippen LogP contribution in [0.5, 0.6) is 0 Å². The van der Waals surface area contributed by atoms with Crippen molar-refractivity contribution in [2.45, 2.75) is 19.8 Å². The van der Waals surface area contributed by atoms with Crippen LogP contribution in [0.25, 0.3) is 0 Å². The third kappa shape index (κ3) is 1.87. The molecule has 0 aromatic carbocycles.